The van der Waals surface area contributed by atoms with Crippen LogP contribution in [0.5, 0.6) is 0 Å². The number of rotatable bonds is 4. The highest BCUT2D eigenvalue weighted by molar-refractivity contribution is 7.15. The topological polar surface area (TPSA) is 72.4 Å². The summed E-state index contributed by atoms with van der Waals surface area (Å²) < 4.78 is 15.7. The maximum atomic E-state index is 13.8. The third-order valence-electron chi connectivity index (χ3n) is 3.26. The fourth-order valence-corrected chi connectivity index (χ4v) is 2.93. The van der Waals surface area contributed by atoms with Crippen molar-refractivity contribution in [2.75, 3.05) is 5.32 Å². The minimum absolute atomic E-state index is 0.246. The van der Waals surface area contributed by atoms with Crippen molar-refractivity contribution in [1.82, 2.24) is 9.38 Å². The number of primary amides is 1. The molecule has 0 radical (unpaired) electrons. The van der Waals surface area contributed by atoms with E-state index in [1.807, 2.05) is 22.9 Å². The van der Waals surface area contributed by atoms with Gasteiger partial charge in [-0.2, -0.15) is 0 Å². The summed E-state index contributed by atoms with van der Waals surface area (Å²) in [5.41, 5.74) is 7.56. The van der Waals surface area contributed by atoms with Gasteiger partial charge in [0.05, 0.1) is 23.6 Å². The van der Waals surface area contributed by atoms with Gasteiger partial charge in [-0.05, 0) is 25.1 Å². The number of amides is 1. The quantitative estimate of drug-likeness (QED) is 0.778. The Morgan fingerprint density at radius 2 is 2.33 bits per heavy atom. The van der Waals surface area contributed by atoms with Crippen molar-refractivity contribution in [3.05, 3.63) is 52.5 Å². The second-order valence-corrected chi connectivity index (χ2v) is 5.48. The van der Waals surface area contributed by atoms with Gasteiger partial charge < -0.3 is 11.1 Å². The van der Waals surface area contributed by atoms with Crippen LogP contribution in [-0.4, -0.2) is 15.3 Å². The number of imidazole rings is 1. The molecule has 0 fully saturated rings. The van der Waals surface area contributed by atoms with Crippen molar-refractivity contribution in [3.63, 3.8) is 0 Å². The Kier molecular flexibility index (Phi) is 3.34. The van der Waals surface area contributed by atoms with Crippen molar-refractivity contribution < 1.29 is 9.18 Å². The highest BCUT2D eigenvalue weighted by atomic mass is 32.1. The molecule has 5 nitrogen and oxygen atoms in total. The predicted molar refractivity (Wildman–Crippen MR) is 80.1 cm³/mol. The molecular formula is C14H13FN4OS. The molecule has 3 N–H and O–H groups in total. The number of carbonyl (C=O) groups excluding carboxylic acids is 1. The Bertz CT molecular complexity index is 824. The molecule has 0 saturated carbocycles. The number of fused-ring (bicyclic) bond motifs is 1. The van der Waals surface area contributed by atoms with Gasteiger partial charge in [-0.3, -0.25) is 9.20 Å². The molecule has 0 aliphatic carbocycles. The van der Waals surface area contributed by atoms with Crippen LogP contribution in [0, 0.1) is 12.7 Å². The molecule has 0 aliphatic heterocycles. The summed E-state index contributed by atoms with van der Waals surface area (Å²) in [7, 11) is 0. The molecule has 0 spiro atoms. The molecule has 7 heteroatoms. The third-order valence-corrected chi connectivity index (χ3v) is 4.02. The van der Waals surface area contributed by atoms with Gasteiger partial charge in [0.2, 0.25) is 5.91 Å². The first-order chi connectivity index (χ1) is 10.1. The number of nitrogens with two attached hydrogens (primary N) is 1. The number of aryl methyl sites for hydroxylation is 1. The molecule has 0 atom stereocenters. The van der Waals surface area contributed by atoms with Crippen LogP contribution in [0.2, 0.25) is 0 Å². The zero-order chi connectivity index (χ0) is 15.0. The van der Waals surface area contributed by atoms with E-state index in [1.165, 1.54) is 18.2 Å². The van der Waals surface area contributed by atoms with Crippen LogP contribution in [0.4, 0.5) is 10.1 Å². The SMILES string of the molecule is Cc1nc2sccn2c1CNc1cc(C(N)=O)ccc1F. The van der Waals surface area contributed by atoms with Crippen molar-refractivity contribution in [2.24, 2.45) is 5.73 Å². The molecule has 0 saturated heterocycles. The zero-order valence-corrected chi connectivity index (χ0v) is 12.1. The Morgan fingerprint density at radius 3 is 3.10 bits per heavy atom. The number of carbonyl (C=O) groups is 1. The van der Waals surface area contributed by atoms with E-state index in [1.54, 1.807) is 11.3 Å². The van der Waals surface area contributed by atoms with Crippen LogP contribution in [-0.2, 0) is 6.54 Å². The number of nitrogens with zero attached hydrogens (tertiary/aromatic N) is 2. The first kappa shape index (κ1) is 13.6. The van der Waals surface area contributed by atoms with Crippen molar-refractivity contribution in [3.8, 4) is 0 Å². The zero-order valence-electron chi connectivity index (χ0n) is 11.3. The number of halogens is 1. The number of anilines is 1. The third kappa shape index (κ3) is 2.47. The molecule has 3 rings (SSSR count). The average molecular weight is 304 g/mol. The summed E-state index contributed by atoms with van der Waals surface area (Å²) in [6.45, 7) is 2.32. The van der Waals surface area contributed by atoms with Gasteiger partial charge in [-0.25, -0.2) is 9.37 Å². The van der Waals surface area contributed by atoms with Gasteiger partial charge in [-0.1, -0.05) is 0 Å². The number of hydrogen-bond donors (Lipinski definition) is 2. The van der Waals surface area contributed by atoms with E-state index in [9.17, 15) is 9.18 Å². The minimum Gasteiger partial charge on any atom is -0.377 e. The van der Waals surface area contributed by atoms with E-state index in [4.69, 9.17) is 5.73 Å². The predicted octanol–water partition coefficient (Wildman–Crippen LogP) is 2.55. The summed E-state index contributed by atoms with van der Waals surface area (Å²) >= 11 is 1.54. The van der Waals surface area contributed by atoms with Gasteiger partial charge in [-0.15, -0.1) is 11.3 Å². The van der Waals surface area contributed by atoms with Crippen LogP contribution in [0.3, 0.4) is 0 Å². The lowest BCUT2D eigenvalue weighted by atomic mass is 10.2. The Labute approximate surface area is 124 Å². The van der Waals surface area contributed by atoms with Crippen LogP contribution in [0.1, 0.15) is 21.7 Å². The fourth-order valence-electron chi connectivity index (χ4n) is 2.15. The standard InChI is InChI=1S/C14H13FN4OS/c1-8-12(19-4-5-21-14(19)18-8)7-17-11-6-9(13(16)20)2-3-10(11)15/h2-6,17H,7H2,1H3,(H2,16,20). The molecule has 2 heterocycles. The molecular weight excluding hydrogens is 291 g/mol. The maximum absolute atomic E-state index is 13.8. The highest BCUT2D eigenvalue weighted by Gasteiger charge is 2.11. The summed E-state index contributed by atoms with van der Waals surface area (Å²) in [5.74, 6) is -1.01. The van der Waals surface area contributed by atoms with Crippen molar-refractivity contribution in [2.45, 2.75) is 13.5 Å². The molecule has 1 aromatic carbocycles. The minimum atomic E-state index is -0.584. The molecule has 3 aromatic rings. The number of benzene rings is 1. The molecule has 0 bridgehead atoms. The van der Waals surface area contributed by atoms with E-state index in [2.05, 4.69) is 10.3 Å². The van der Waals surface area contributed by atoms with Crippen molar-refractivity contribution >= 4 is 27.9 Å². The first-order valence-electron chi connectivity index (χ1n) is 6.30. The summed E-state index contributed by atoms with van der Waals surface area (Å²) in [6.07, 6.45) is 1.92. The Hall–Kier alpha value is -2.41. The molecule has 0 unspecified atom stereocenters. The number of hydrogen-bond acceptors (Lipinski definition) is 4. The second kappa shape index (κ2) is 5.17. The van der Waals surface area contributed by atoms with E-state index in [0.29, 0.717) is 6.54 Å². The van der Waals surface area contributed by atoms with Crippen molar-refractivity contribution in [1.29, 1.82) is 0 Å². The molecule has 0 aliphatic rings. The molecule has 1 amide bonds. The lowest BCUT2D eigenvalue weighted by Crippen LogP contribution is -2.12. The average Bonchev–Trinajstić information content (AvgIpc) is 2.99. The lowest BCUT2D eigenvalue weighted by molar-refractivity contribution is 0.100. The second-order valence-electron chi connectivity index (χ2n) is 4.61. The number of nitrogens with one attached hydrogen (secondary N) is 1. The summed E-state index contributed by atoms with van der Waals surface area (Å²) in [6, 6.07) is 4.01. The molecule has 21 heavy (non-hydrogen) atoms. The molecule has 2 aromatic heterocycles. The monoisotopic (exact) mass is 304 g/mol. The summed E-state index contributed by atoms with van der Waals surface area (Å²) in [4.78, 5) is 16.5. The smallest absolute Gasteiger partial charge is 0.248 e. The Morgan fingerprint density at radius 1 is 1.52 bits per heavy atom. The van der Waals surface area contributed by atoms with Gasteiger partial charge in [0.25, 0.3) is 0 Å². The largest absolute Gasteiger partial charge is 0.377 e. The Balaban J connectivity index is 1.87. The van der Waals surface area contributed by atoms with E-state index in [-0.39, 0.29) is 11.3 Å². The van der Waals surface area contributed by atoms with Gasteiger partial charge in [0, 0.05) is 17.1 Å². The normalized spacial score (nSPS) is 11.0. The fraction of sp³-hybridized carbons (Fsp3) is 0.143. The first-order valence-corrected chi connectivity index (χ1v) is 7.18. The summed E-state index contributed by atoms with van der Waals surface area (Å²) in [5, 5.41) is 4.94. The van der Waals surface area contributed by atoms with Gasteiger partial charge in [0.15, 0.2) is 4.96 Å². The highest BCUT2D eigenvalue weighted by Crippen LogP contribution is 2.20. The van der Waals surface area contributed by atoms with Crippen LogP contribution < -0.4 is 11.1 Å². The van der Waals surface area contributed by atoms with Crippen LogP contribution in [0.25, 0.3) is 4.96 Å². The lowest BCUT2D eigenvalue weighted by Gasteiger charge is -2.09. The van der Waals surface area contributed by atoms with E-state index >= 15 is 0 Å². The van der Waals surface area contributed by atoms with E-state index < -0.39 is 11.7 Å². The molecule has 108 valence electrons. The van der Waals surface area contributed by atoms with Gasteiger partial charge in [0.1, 0.15) is 5.82 Å². The van der Waals surface area contributed by atoms with Crippen LogP contribution >= 0.6 is 11.3 Å². The number of thiazole rings is 1. The maximum Gasteiger partial charge on any atom is 0.248 e. The van der Waals surface area contributed by atoms with Crippen LogP contribution in [0.15, 0.2) is 29.8 Å². The van der Waals surface area contributed by atoms with E-state index in [0.717, 1.165) is 16.3 Å². The number of aromatic nitrogens is 2. The van der Waals surface area contributed by atoms with Gasteiger partial charge >= 0.3 is 0 Å².